The summed E-state index contributed by atoms with van der Waals surface area (Å²) in [5.74, 6) is 2.28. The second kappa shape index (κ2) is 9.13. The topological polar surface area (TPSA) is 35.6 Å². The number of halogens is 1. The molecular formula is C14H28ClN3OS. The second-order valence-corrected chi connectivity index (χ2v) is 7.18. The molecule has 0 radical (unpaired) electrons. The van der Waals surface area contributed by atoms with Gasteiger partial charge in [-0.15, -0.1) is 12.4 Å². The third kappa shape index (κ3) is 5.43. The number of carbonyl (C=O) groups excluding carboxylic acids is 1. The molecule has 0 aliphatic carbocycles. The van der Waals surface area contributed by atoms with E-state index in [9.17, 15) is 4.79 Å². The molecule has 1 atom stereocenters. The van der Waals surface area contributed by atoms with Gasteiger partial charge in [0.25, 0.3) is 0 Å². The van der Waals surface area contributed by atoms with Crippen LogP contribution in [-0.2, 0) is 4.79 Å². The molecule has 1 amide bonds. The van der Waals surface area contributed by atoms with Gasteiger partial charge in [-0.2, -0.15) is 11.8 Å². The third-order valence-electron chi connectivity index (χ3n) is 4.03. The minimum atomic E-state index is 0. The van der Waals surface area contributed by atoms with Gasteiger partial charge in [-0.25, -0.2) is 0 Å². The van der Waals surface area contributed by atoms with Crippen LogP contribution in [0.4, 0.5) is 0 Å². The molecule has 0 bridgehead atoms. The predicted octanol–water partition coefficient (Wildman–Crippen LogP) is 1.30. The van der Waals surface area contributed by atoms with Gasteiger partial charge in [0, 0.05) is 63.2 Å². The summed E-state index contributed by atoms with van der Waals surface area (Å²) >= 11 is 2.09. The Bertz CT molecular complexity index is 298. The van der Waals surface area contributed by atoms with Crippen LogP contribution in [0.3, 0.4) is 0 Å². The summed E-state index contributed by atoms with van der Waals surface area (Å²) in [5, 5.41) is 4.03. The normalized spacial score (nSPS) is 24.6. The molecule has 2 rings (SSSR count). The van der Waals surface area contributed by atoms with E-state index >= 15 is 0 Å². The van der Waals surface area contributed by atoms with E-state index in [2.05, 4.69) is 35.8 Å². The highest BCUT2D eigenvalue weighted by Gasteiger charge is 2.24. The zero-order valence-corrected chi connectivity index (χ0v) is 14.3. The van der Waals surface area contributed by atoms with E-state index in [1.165, 1.54) is 5.75 Å². The maximum absolute atomic E-state index is 12.1. The standard InChI is InChI=1S/C14H27N3OS.ClH/c1-12(2)13-11-16(9-10-19-13)6-3-14(18)17-7-4-15-5-8-17;/h12-13,15H,3-11H2,1-2H3;1H. The maximum atomic E-state index is 12.1. The minimum absolute atomic E-state index is 0. The molecule has 0 aromatic carbocycles. The largest absolute Gasteiger partial charge is 0.340 e. The average Bonchev–Trinajstić information content (AvgIpc) is 2.46. The van der Waals surface area contributed by atoms with Gasteiger partial charge in [0.2, 0.25) is 5.91 Å². The van der Waals surface area contributed by atoms with Gasteiger partial charge in [-0.3, -0.25) is 4.79 Å². The fraction of sp³-hybridized carbons (Fsp3) is 0.929. The lowest BCUT2D eigenvalue weighted by molar-refractivity contribution is -0.132. The van der Waals surface area contributed by atoms with E-state index in [1.54, 1.807) is 0 Å². The molecule has 6 heteroatoms. The Labute approximate surface area is 133 Å². The van der Waals surface area contributed by atoms with Crippen molar-refractivity contribution in [1.29, 1.82) is 0 Å². The molecule has 2 aliphatic rings. The Kier molecular flexibility index (Phi) is 8.25. The average molecular weight is 322 g/mol. The van der Waals surface area contributed by atoms with Gasteiger partial charge >= 0.3 is 0 Å². The first-order chi connectivity index (χ1) is 9.16. The SMILES string of the molecule is CC(C)C1CN(CCC(=O)N2CCNCC2)CCS1.Cl. The van der Waals surface area contributed by atoms with Crippen molar-refractivity contribution in [2.75, 3.05) is 51.6 Å². The van der Waals surface area contributed by atoms with Crippen LogP contribution in [0.5, 0.6) is 0 Å². The highest BCUT2D eigenvalue weighted by molar-refractivity contribution is 8.00. The van der Waals surface area contributed by atoms with Gasteiger partial charge in [-0.05, 0) is 5.92 Å². The maximum Gasteiger partial charge on any atom is 0.223 e. The molecule has 118 valence electrons. The number of amides is 1. The number of hydrogen-bond acceptors (Lipinski definition) is 4. The fourth-order valence-corrected chi connectivity index (χ4v) is 4.03. The van der Waals surface area contributed by atoms with Gasteiger partial charge in [0.05, 0.1) is 0 Å². The van der Waals surface area contributed by atoms with E-state index < -0.39 is 0 Å². The van der Waals surface area contributed by atoms with Crippen molar-refractivity contribution >= 4 is 30.1 Å². The molecule has 1 unspecified atom stereocenters. The zero-order valence-electron chi connectivity index (χ0n) is 12.6. The van der Waals surface area contributed by atoms with Crippen molar-refractivity contribution in [1.82, 2.24) is 15.1 Å². The second-order valence-electron chi connectivity index (χ2n) is 5.83. The molecule has 1 N–H and O–H groups in total. The summed E-state index contributed by atoms with van der Waals surface area (Å²) in [7, 11) is 0. The molecule has 0 aromatic rings. The monoisotopic (exact) mass is 321 g/mol. The van der Waals surface area contributed by atoms with E-state index in [1.807, 2.05) is 4.90 Å². The zero-order chi connectivity index (χ0) is 13.7. The highest BCUT2D eigenvalue weighted by atomic mass is 35.5. The van der Waals surface area contributed by atoms with E-state index in [4.69, 9.17) is 0 Å². The number of carbonyl (C=O) groups is 1. The molecule has 2 saturated heterocycles. The number of nitrogens with one attached hydrogen (secondary N) is 1. The first-order valence-electron chi connectivity index (χ1n) is 7.49. The number of nitrogens with zero attached hydrogens (tertiary/aromatic N) is 2. The molecule has 2 fully saturated rings. The smallest absolute Gasteiger partial charge is 0.223 e. The summed E-state index contributed by atoms with van der Waals surface area (Å²) in [4.78, 5) is 16.6. The van der Waals surface area contributed by atoms with E-state index in [0.717, 1.165) is 57.0 Å². The van der Waals surface area contributed by atoms with Crippen molar-refractivity contribution in [2.24, 2.45) is 5.92 Å². The Balaban J connectivity index is 0.00000200. The van der Waals surface area contributed by atoms with Crippen molar-refractivity contribution in [3.63, 3.8) is 0 Å². The Morgan fingerprint density at radius 2 is 2.00 bits per heavy atom. The third-order valence-corrected chi connectivity index (χ3v) is 5.57. The van der Waals surface area contributed by atoms with Gasteiger partial charge in [-0.1, -0.05) is 13.8 Å². The summed E-state index contributed by atoms with van der Waals surface area (Å²) in [6.07, 6.45) is 0.690. The van der Waals surface area contributed by atoms with Gasteiger partial charge in [0.15, 0.2) is 0 Å². The first-order valence-corrected chi connectivity index (χ1v) is 8.54. The van der Waals surface area contributed by atoms with Crippen LogP contribution in [0, 0.1) is 5.92 Å². The molecule has 0 spiro atoms. The molecule has 4 nitrogen and oxygen atoms in total. The molecule has 2 aliphatic heterocycles. The first kappa shape index (κ1) is 18.1. The van der Waals surface area contributed by atoms with Crippen molar-refractivity contribution in [2.45, 2.75) is 25.5 Å². The molecular weight excluding hydrogens is 294 g/mol. The summed E-state index contributed by atoms with van der Waals surface area (Å²) in [6, 6.07) is 0. The van der Waals surface area contributed by atoms with Crippen LogP contribution >= 0.6 is 24.2 Å². The lowest BCUT2D eigenvalue weighted by Crippen LogP contribution is -2.47. The molecule has 0 saturated carbocycles. The van der Waals surface area contributed by atoms with E-state index in [-0.39, 0.29) is 12.4 Å². The lowest BCUT2D eigenvalue weighted by atomic mass is 10.1. The van der Waals surface area contributed by atoms with Crippen LogP contribution in [0.15, 0.2) is 0 Å². The van der Waals surface area contributed by atoms with Gasteiger partial charge < -0.3 is 15.1 Å². The number of piperazine rings is 1. The predicted molar refractivity (Wildman–Crippen MR) is 88.8 cm³/mol. The number of hydrogen-bond donors (Lipinski definition) is 1. The highest BCUT2D eigenvalue weighted by Crippen LogP contribution is 2.24. The van der Waals surface area contributed by atoms with Crippen molar-refractivity contribution in [3.8, 4) is 0 Å². The van der Waals surface area contributed by atoms with E-state index in [0.29, 0.717) is 12.3 Å². The molecule has 2 heterocycles. The van der Waals surface area contributed by atoms with Crippen molar-refractivity contribution in [3.05, 3.63) is 0 Å². The van der Waals surface area contributed by atoms with Crippen LogP contribution in [0.2, 0.25) is 0 Å². The number of rotatable bonds is 4. The van der Waals surface area contributed by atoms with Gasteiger partial charge in [0.1, 0.15) is 0 Å². The minimum Gasteiger partial charge on any atom is -0.340 e. The van der Waals surface area contributed by atoms with Crippen molar-refractivity contribution < 1.29 is 4.79 Å². The Morgan fingerprint density at radius 3 is 2.65 bits per heavy atom. The fourth-order valence-electron chi connectivity index (χ4n) is 2.66. The quantitative estimate of drug-likeness (QED) is 0.847. The van der Waals surface area contributed by atoms with Crippen LogP contribution in [0.1, 0.15) is 20.3 Å². The summed E-state index contributed by atoms with van der Waals surface area (Å²) in [6.45, 7) is 11.5. The Hall–Kier alpha value is 0.0300. The van der Waals surface area contributed by atoms with Crippen LogP contribution in [-0.4, -0.2) is 72.5 Å². The van der Waals surface area contributed by atoms with Crippen LogP contribution < -0.4 is 5.32 Å². The molecule has 20 heavy (non-hydrogen) atoms. The number of thioether (sulfide) groups is 1. The van der Waals surface area contributed by atoms with Crippen LogP contribution in [0.25, 0.3) is 0 Å². The summed E-state index contributed by atoms with van der Waals surface area (Å²) < 4.78 is 0. The molecule has 0 aromatic heterocycles. The summed E-state index contributed by atoms with van der Waals surface area (Å²) in [5.41, 5.74) is 0. The Morgan fingerprint density at radius 1 is 1.30 bits per heavy atom. The lowest BCUT2D eigenvalue weighted by Gasteiger charge is -2.35.